The monoisotopic (exact) mass is 117 g/mol. The topological polar surface area (TPSA) is 70.3 Å². The fourth-order valence-electron chi connectivity index (χ4n) is 0.738. The summed E-state index contributed by atoms with van der Waals surface area (Å²) >= 11 is 0. The third-order valence-corrected chi connectivity index (χ3v) is 1.34. The average molecular weight is 117 g/mol. The molecule has 1 aliphatic rings. The van der Waals surface area contributed by atoms with Gasteiger partial charge in [0.15, 0.2) is 0 Å². The maximum absolute atomic E-state index is 8.55. The lowest BCUT2D eigenvalue weighted by Gasteiger charge is -2.08. The number of aliphatic hydroxyl groups is 1. The van der Waals surface area contributed by atoms with Gasteiger partial charge in [-0.3, -0.25) is 10.9 Å². The van der Waals surface area contributed by atoms with Gasteiger partial charge >= 0.3 is 0 Å². The van der Waals surface area contributed by atoms with Crippen LogP contribution in [0.1, 0.15) is 0 Å². The quantitative estimate of drug-likeness (QED) is 0.314. The highest BCUT2D eigenvalue weighted by Crippen LogP contribution is 1.91. The molecule has 4 heteroatoms. The lowest BCUT2D eigenvalue weighted by molar-refractivity contribution is 0.243. The molecule has 0 amide bonds. The van der Waals surface area contributed by atoms with E-state index in [1.165, 1.54) is 0 Å². The normalized spacial score (nSPS) is 38.2. The summed E-state index contributed by atoms with van der Waals surface area (Å²) < 4.78 is 0. The molecule has 0 aliphatic carbocycles. The summed E-state index contributed by atoms with van der Waals surface area (Å²) in [4.78, 5) is 0. The first-order valence-electron chi connectivity index (χ1n) is 2.69. The summed E-state index contributed by atoms with van der Waals surface area (Å²) in [6, 6.07) is 0.0926. The molecular formula is C4H11N3O. The van der Waals surface area contributed by atoms with Crippen molar-refractivity contribution in [3.63, 3.8) is 0 Å². The lowest BCUT2D eigenvalue weighted by atomic mass is 10.2. The lowest BCUT2D eigenvalue weighted by Crippen LogP contribution is -2.40. The number of hydrogen-bond donors (Lipinski definition) is 4. The van der Waals surface area contributed by atoms with Crippen molar-refractivity contribution in [2.24, 2.45) is 5.73 Å². The molecule has 8 heavy (non-hydrogen) atoms. The first kappa shape index (κ1) is 5.97. The molecule has 4 nitrogen and oxygen atoms in total. The highest BCUT2D eigenvalue weighted by molar-refractivity contribution is 4.83. The molecule has 5 N–H and O–H groups in total. The molecule has 1 saturated heterocycles. The van der Waals surface area contributed by atoms with Crippen molar-refractivity contribution < 1.29 is 5.11 Å². The minimum absolute atomic E-state index is 0.0370. The summed E-state index contributed by atoms with van der Waals surface area (Å²) in [6.45, 7) is 0.847. The van der Waals surface area contributed by atoms with E-state index in [4.69, 9.17) is 10.8 Å². The molecule has 1 aliphatic heterocycles. The predicted molar refractivity (Wildman–Crippen MR) is 30.0 cm³/mol. The van der Waals surface area contributed by atoms with E-state index in [1.54, 1.807) is 0 Å². The van der Waals surface area contributed by atoms with Gasteiger partial charge in [0.05, 0.1) is 12.6 Å². The summed E-state index contributed by atoms with van der Waals surface area (Å²) in [7, 11) is 0. The number of nitrogens with one attached hydrogen (secondary N) is 2. The molecule has 0 aromatic carbocycles. The Balaban J connectivity index is 2.30. The van der Waals surface area contributed by atoms with Gasteiger partial charge < -0.3 is 10.8 Å². The van der Waals surface area contributed by atoms with Gasteiger partial charge in [-0.15, -0.1) is 0 Å². The minimum Gasteiger partial charge on any atom is -0.395 e. The third-order valence-electron chi connectivity index (χ3n) is 1.34. The van der Waals surface area contributed by atoms with Crippen molar-refractivity contribution in [3.05, 3.63) is 0 Å². The van der Waals surface area contributed by atoms with E-state index < -0.39 is 0 Å². The Bertz CT molecular complexity index is 77.7. The van der Waals surface area contributed by atoms with E-state index in [2.05, 4.69) is 10.9 Å². The van der Waals surface area contributed by atoms with Crippen LogP contribution in [0.2, 0.25) is 0 Å². The van der Waals surface area contributed by atoms with Crippen LogP contribution in [-0.4, -0.2) is 30.3 Å². The first-order chi connectivity index (χ1) is 3.84. The first-order valence-corrected chi connectivity index (χ1v) is 2.69. The number of hydrogen-bond acceptors (Lipinski definition) is 4. The Morgan fingerprint density at radius 3 is 2.75 bits per heavy atom. The zero-order valence-corrected chi connectivity index (χ0v) is 4.59. The standard InChI is InChI=1S/C4H11N3O/c5-3-1-6-7-4(3)2-8/h3-4,6-8H,1-2,5H2. The maximum Gasteiger partial charge on any atom is 0.0613 e. The number of hydrazine groups is 1. The SMILES string of the molecule is NC1CNNC1CO. The van der Waals surface area contributed by atoms with Crippen LogP contribution in [0.4, 0.5) is 0 Å². The molecule has 0 aromatic heterocycles. The van der Waals surface area contributed by atoms with Crippen LogP contribution in [0.15, 0.2) is 0 Å². The van der Waals surface area contributed by atoms with E-state index in [0.717, 1.165) is 6.54 Å². The maximum atomic E-state index is 8.55. The second-order valence-corrected chi connectivity index (χ2v) is 1.98. The molecule has 1 fully saturated rings. The van der Waals surface area contributed by atoms with Gasteiger partial charge in [0, 0.05) is 12.6 Å². The Morgan fingerprint density at radius 2 is 2.50 bits per heavy atom. The van der Waals surface area contributed by atoms with Gasteiger partial charge in [0.2, 0.25) is 0 Å². The Morgan fingerprint density at radius 1 is 1.75 bits per heavy atom. The Labute approximate surface area is 48.0 Å². The second kappa shape index (κ2) is 2.41. The summed E-state index contributed by atoms with van der Waals surface area (Å²) in [5.41, 5.74) is 11.2. The van der Waals surface area contributed by atoms with E-state index in [0.29, 0.717) is 0 Å². The molecule has 0 aromatic rings. The summed E-state index contributed by atoms with van der Waals surface area (Å²) in [5, 5.41) is 8.55. The fraction of sp³-hybridized carbons (Fsp3) is 1.00. The zero-order chi connectivity index (χ0) is 5.98. The number of nitrogens with two attached hydrogens (primary N) is 1. The number of aliphatic hydroxyl groups excluding tert-OH is 1. The minimum atomic E-state index is 0.0370. The largest absolute Gasteiger partial charge is 0.395 e. The molecule has 0 spiro atoms. The molecule has 1 rings (SSSR count). The molecule has 1 heterocycles. The van der Waals surface area contributed by atoms with Crippen molar-refractivity contribution in [2.75, 3.05) is 13.2 Å². The molecule has 2 atom stereocenters. The molecule has 2 unspecified atom stereocenters. The van der Waals surface area contributed by atoms with Crippen molar-refractivity contribution in [2.45, 2.75) is 12.1 Å². The highest BCUT2D eigenvalue weighted by Gasteiger charge is 2.21. The Kier molecular flexibility index (Phi) is 1.80. The van der Waals surface area contributed by atoms with Crippen LogP contribution in [-0.2, 0) is 0 Å². The van der Waals surface area contributed by atoms with Gasteiger partial charge in [-0.1, -0.05) is 0 Å². The molecule has 0 saturated carbocycles. The van der Waals surface area contributed by atoms with Crippen LogP contribution in [0.25, 0.3) is 0 Å². The Hall–Kier alpha value is -0.160. The van der Waals surface area contributed by atoms with Gasteiger partial charge in [-0.25, -0.2) is 0 Å². The highest BCUT2D eigenvalue weighted by atomic mass is 16.3. The molecular weight excluding hydrogens is 106 g/mol. The van der Waals surface area contributed by atoms with Crippen LogP contribution in [0, 0.1) is 0 Å². The van der Waals surface area contributed by atoms with E-state index >= 15 is 0 Å². The van der Waals surface area contributed by atoms with Crippen LogP contribution < -0.4 is 16.6 Å². The smallest absolute Gasteiger partial charge is 0.0613 e. The molecule has 0 radical (unpaired) electrons. The average Bonchev–Trinajstić information content (AvgIpc) is 2.14. The molecule has 48 valence electrons. The second-order valence-electron chi connectivity index (χ2n) is 1.98. The zero-order valence-electron chi connectivity index (χ0n) is 4.59. The van der Waals surface area contributed by atoms with Crippen molar-refractivity contribution >= 4 is 0 Å². The third kappa shape index (κ3) is 0.976. The van der Waals surface area contributed by atoms with Crippen LogP contribution in [0.5, 0.6) is 0 Å². The summed E-state index contributed by atoms with van der Waals surface area (Å²) in [5.74, 6) is 0. The van der Waals surface area contributed by atoms with Crippen molar-refractivity contribution in [1.29, 1.82) is 0 Å². The van der Waals surface area contributed by atoms with Crippen LogP contribution in [0.3, 0.4) is 0 Å². The molecule has 0 bridgehead atoms. The van der Waals surface area contributed by atoms with Gasteiger partial charge in [-0.05, 0) is 0 Å². The van der Waals surface area contributed by atoms with Gasteiger partial charge in [-0.2, -0.15) is 0 Å². The fourth-order valence-corrected chi connectivity index (χ4v) is 0.738. The van der Waals surface area contributed by atoms with Crippen molar-refractivity contribution in [1.82, 2.24) is 10.9 Å². The van der Waals surface area contributed by atoms with Crippen molar-refractivity contribution in [3.8, 4) is 0 Å². The summed E-state index contributed by atoms with van der Waals surface area (Å²) in [6.07, 6.45) is 0. The predicted octanol–water partition coefficient (Wildman–Crippen LogP) is -2.22. The van der Waals surface area contributed by atoms with E-state index in [1.807, 2.05) is 0 Å². The number of rotatable bonds is 1. The van der Waals surface area contributed by atoms with E-state index in [9.17, 15) is 0 Å². The van der Waals surface area contributed by atoms with Gasteiger partial charge in [0.1, 0.15) is 0 Å². The van der Waals surface area contributed by atoms with E-state index in [-0.39, 0.29) is 18.7 Å². The van der Waals surface area contributed by atoms with Crippen LogP contribution >= 0.6 is 0 Å². The van der Waals surface area contributed by atoms with Gasteiger partial charge in [0.25, 0.3) is 0 Å².